The predicted octanol–water partition coefficient (Wildman–Crippen LogP) is 3.18. The monoisotopic (exact) mass is 386 g/mol. The number of amides is 3. The molecule has 6 nitrogen and oxygen atoms in total. The van der Waals surface area contributed by atoms with Gasteiger partial charge < -0.3 is 10.3 Å². The highest BCUT2D eigenvalue weighted by atomic mass is 32.2. The topological polar surface area (TPSA) is 86.0 Å². The molecule has 1 heterocycles. The number of aromatic nitrogens is 1. The molecular weight excluding hydrogens is 367 g/mol. The van der Waals surface area contributed by atoms with Gasteiger partial charge in [0, 0.05) is 35.2 Å². The van der Waals surface area contributed by atoms with Crippen LogP contribution in [0.3, 0.4) is 0 Å². The number of aromatic amines is 1. The first-order chi connectivity index (χ1) is 13.1. The van der Waals surface area contributed by atoms with Crippen molar-refractivity contribution in [1.29, 1.82) is 0 Å². The molecule has 0 saturated carbocycles. The Morgan fingerprint density at radius 3 is 2.67 bits per heavy atom. The van der Waals surface area contributed by atoms with Crippen molar-refractivity contribution < 1.29 is 14.0 Å². The summed E-state index contributed by atoms with van der Waals surface area (Å²) in [4.78, 5) is 26.9. The van der Waals surface area contributed by atoms with Gasteiger partial charge in [0.05, 0.1) is 5.56 Å². The van der Waals surface area contributed by atoms with Crippen molar-refractivity contribution in [3.05, 3.63) is 71.7 Å². The summed E-state index contributed by atoms with van der Waals surface area (Å²) in [6, 6.07) is 13.5. The minimum Gasteiger partial charge on any atom is -0.360 e. The summed E-state index contributed by atoms with van der Waals surface area (Å²) >= 11 is 1.51. The smallest absolute Gasteiger partial charge is 0.333 e. The van der Waals surface area contributed by atoms with Crippen molar-refractivity contribution >= 4 is 34.6 Å². The van der Waals surface area contributed by atoms with E-state index in [1.54, 1.807) is 24.4 Å². The molecule has 8 heteroatoms. The number of benzene rings is 2. The Labute approximate surface area is 159 Å². The third kappa shape index (κ3) is 5.01. The molecular formula is C19H19FN4O2S. The van der Waals surface area contributed by atoms with Crippen molar-refractivity contribution in [3.8, 4) is 0 Å². The van der Waals surface area contributed by atoms with E-state index in [0.29, 0.717) is 29.2 Å². The van der Waals surface area contributed by atoms with Crippen LogP contribution in [0.1, 0.15) is 15.9 Å². The Kier molecular flexibility index (Phi) is 6.32. The quantitative estimate of drug-likeness (QED) is 0.388. The third-order valence-corrected chi connectivity index (χ3v) is 4.88. The lowest BCUT2D eigenvalue weighted by atomic mass is 10.2. The zero-order chi connectivity index (χ0) is 19.1. The van der Waals surface area contributed by atoms with Crippen molar-refractivity contribution in [2.45, 2.75) is 5.75 Å². The molecule has 0 saturated heterocycles. The van der Waals surface area contributed by atoms with Gasteiger partial charge in [0.2, 0.25) is 0 Å². The number of carbonyl (C=O) groups excluding carboxylic acids is 2. The molecule has 140 valence electrons. The van der Waals surface area contributed by atoms with Gasteiger partial charge in [-0.05, 0) is 17.7 Å². The first kappa shape index (κ1) is 18.8. The van der Waals surface area contributed by atoms with Crippen molar-refractivity contribution in [2.75, 3.05) is 12.3 Å². The molecule has 0 radical (unpaired) electrons. The highest BCUT2D eigenvalue weighted by molar-refractivity contribution is 7.98. The molecule has 0 bridgehead atoms. The summed E-state index contributed by atoms with van der Waals surface area (Å²) < 4.78 is 13.5. The van der Waals surface area contributed by atoms with Gasteiger partial charge in [0.15, 0.2) is 0 Å². The maximum absolute atomic E-state index is 13.5. The average Bonchev–Trinajstić information content (AvgIpc) is 3.11. The minimum absolute atomic E-state index is 0.226. The molecule has 3 amide bonds. The number of rotatable bonds is 6. The number of hydrogen-bond acceptors (Lipinski definition) is 3. The Balaban J connectivity index is 1.36. The SMILES string of the molecule is O=C(NCCSCc1ccccc1F)NNC(=O)c1c[nH]c2ccccc12. The second kappa shape index (κ2) is 9.09. The molecule has 0 aliphatic carbocycles. The van der Waals surface area contributed by atoms with Gasteiger partial charge >= 0.3 is 6.03 Å². The molecule has 0 spiro atoms. The summed E-state index contributed by atoms with van der Waals surface area (Å²) in [6.45, 7) is 0.397. The number of H-pyrrole nitrogens is 1. The Bertz CT molecular complexity index is 944. The molecule has 0 unspecified atom stereocenters. The standard InChI is InChI=1S/C19H19FN4O2S/c20-16-7-3-1-5-13(16)12-27-10-9-21-19(26)24-23-18(25)15-11-22-17-8-4-2-6-14(15)17/h1-8,11,22H,9-10,12H2,(H,23,25)(H2,21,24,26). The highest BCUT2D eigenvalue weighted by Gasteiger charge is 2.12. The Hall–Kier alpha value is -3.00. The lowest BCUT2D eigenvalue weighted by Gasteiger charge is -2.09. The van der Waals surface area contributed by atoms with E-state index in [4.69, 9.17) is 0 Å². The number of nitrogens with one attached hydrogen (secondary N) is 4. The van der Waals surface area contributed by atoms with Crippen LogP contribution in [0.5, 0.6) is 0 Å². The van der Waals surface area contributed by atoms with Crippen LogP contribution >= 0.6 is 11.8 Å². The molecule has 4 N–H and O–H groups in total. The molecule has 1 aromatic heterocycles. The van der Waals surface area contributed by atoms with E-state index in [1.165, 1.54) is 17.8 Å². The van der Waals surface area contributed by atoms with Crippen molar-refractivity contribution in [1.82, 2.24) is 21.2 Å². The summed E-state index contributed by atoms with van der Waals surface area (Å²) in [6.07, 6.45) is 1.60. The van der Waals surface area contributed by atoms with Crippen LogP contribution < -0.4 is 16.2 Å². The van der Waals surface area contributed by atoms with Gasteiger partial charge in [0.25, 0.3) is 5.91 Å². The Morgan fingerprint density at radius 2 is 1.81 bits per heavy atom. The molecule has 3 rings (SSSR count). The van der Waals surface area contributed by atoms with Crippen molar-refractivity contribution in [3.63, 3.8) is 0 Å². The van der Waals surface area contributed by atoms with Crippen LogP contribution in [0.4, 0.5) is 9.18 Å². The molecule has 27 heavy (non-hydrogen) atoms. The maximum atomic E-state index is 13.5. The Morgan fingerprint density at radius 1 is 1.04 bits per heavy atom. The second-order valence-electron chi connectivity index (χ2n) is 5.73. The van der Waals surface area contributed by atoms with Gasteiger partial charge in [-0.15, -0.1) is 0 Å². The number of hydrazine groups is 1. The van der Waals surface area contributed by atoms with Gasteiger partial charge in [-0.2, -0.15) is 11.8 Å². The van der Waals surface area contributed by atoms with Crippen molar-refractivity contribution in [2.24, 2.45) is 0 Å². The number of thioether (sulfide) groups is 1. The van der Waals surface area contributed by atoms with E-state index in [2.05, 4.69) is 21.2 Å². The molecule has 2 aromatic carbocycles. The maximum Gasteiger partial charge on any atom is 0.333 e. The van der Waals surface area contributed by atoms with E-state index in [9.17, 15) is 14.0 Å². The number of hydrogen-bond donors (Lipinski definition) is 4. The summed E-state index contributed by atoms with van der Waals surface area (Å²) in [5, 5.41) is 3.41. The zero-order valence-corrected chi connectivity index (χ0v) is 15.2. The van der Waals surface area contributed by atoms with E-state index in [0.717, 1.165) is 10.9 Å². The van der Waals surface area contributed by atoms with Crippen LogP contribution in [0.15, 0.2) is 54.7 Å². The fourth-order valence-electron chi connectivity index (χ4n) is 2.52. The first-order valence-corrected chi connectivity index (χ1v) is 9.52. The molecule has 0 atom stereocenters. The predicted molar refractivity (Wildman–Crippen MR) is 105 cm³/mol. The third-order valence-electron chi connectivity index (χ3n) is 3.87. The summed E-state index contributed by atoms with van der Waals surface area (Å²) in [7, 11) is 0. The van der Waals surface area contributed by atoms with Gasteiger partial charge in [-0.25, -0.2) is 14.6 Å². The minimum atomic E-state index is -0.505. The molecule has 0 fully saturated rings. The summed E-state index contributed by atoms with van der Waals surface area (Å²) in [5.74, 6) is 0.526. The highest BCUT2D eigenvalue weighted by Crippen LogP contribution is 2.17. The van der Waals surface area contributed by atoms with Crippen LogP contribution in [-0.2, 0) is 5.75 Å². The number of para-hydroxylation sites is 1. The number of halogens is 1. The average molecular weight is 386 g/mol. The summed E-state index contributed by atoms with van der Waals surface area (Å²) in [5.41, 5.74) is 6.63. The lowest BCUT2D eigenvalue weighted by molar-refractivity contribution is 0.0938. The molecule has 3 aromatic rings. The number of urea groups is 1. The van der Waals surface area contributed by atoms with Crippen LogP contribution in [0.25, 0.3) is 10.9 Å². The molecule has 0 aliphatic heterocycles. The second-order valence-corrected chi connectivity index (χ2v) is 6.83. The zero-order valence-electron chi connectivity index (χ0n) is 14.4. The van der Waals surface area contributed by atoms with E-state index < -0.39 is 11.9 Å². The van der Waals surface area contributed by atoms with Crippen LogP contribution in [0, 0.1) is 5.82 Å². The fourth-order valence-corrected chi connectivity index (χ4v) is 3.36. The lowest BCUT2D eigenvalue weighted by Crippen LogP contribution is -2.47. The van der Waals surface area contributed by atoms with Gasteiger partial charge in [0.1, 0.15) is 5.82 Å². The molecule has 0 aliphatic rings. The first-order valence-electron chi connectivity index (χ1n) is 8.36. The number of carbonyl (C=O) groups is 2. The normalized spacial score (nSPS) is 10.6. The van der Waals surface area contributed by atoms with Crippen LogP contribution in [0.2, 0.25) is 0 Å². The van der Waals surface area contributed by atoms with Crippen LogP contribution in [-0.4, -0.2) is 29.2 Å². The van der Waals surface area contributed by atoms with E-state index >= 15 is 0 Å². The number of fused-ring (bicyclic) bond motifs is 1. The van der Waals surface area contributed by atoms with Gasteiger partial charge in [-0.1, -0.05) is 36.4 Å². The van der Waals surface area contributed by atoms with Gasteiger partial charge in [-0.3, -0.25) is 10.2 Å². The van der Waals surface area contributed by atoms with E-state index in [1.807, 2.05) is 24.3 Å². The largest absolute Gasteiger partial charge is 0.360 e. The van der Waals surface area contributed by atoms with E-state index in [-0.39, 0.29) is 5.82 Å². The fraction of sp³-hybridized carbons (Fsp3) is 0.158.